The van der Waals surface area contributed by atoms with Crippen molar-refractivity contribution >= 4 is 37.0 Å². The maximum absolute atomic E-state index is 11.6. The van der Waals surface area contributed by atoms with Crippen LogP contribution >= 0.6 is 22.0 Å². The summed E-state index contributed by atoms with van der Waals surface area (Å²) in [6, 6.07) is 3.04. The quantitative estimate of drug-likeness (QED) is 0.620. The second kappa shape index (κ2) is 7.26. The van der Waals surface area contributed by atoms with Gasteiger partial charge < -0.3 is 5.32 Å². The van der Waals surface area contributed by atoms with E-state index in [1.54, 1.807) is 6.07 Å². The minimum atomic E-state index is -3.69. The molecule has 1 rings (SSSR count). The molecular weight excluding hydrogens is 306 g/mol. The van der Waals surface area contributed by atoms with E-state index in [1.165, 1.54) is 6.07 Å². The fourth-order valence-corrected chi connectivity index (χ4v) is 3.66. The summed E-state index contributed by atoms with van der Waals surface area (Å²) in [7, 11) is 1.53. The van der Waals surface area contributed by atoms with Gasteiger partial charge in [0.05, 0.1) is 6.42 Å². The molecule has 1 N–H and O–H groups in total. The monoisotopic (exact) mass is 323 g/mol. The van der Waals surface area contributed by atoms with Gasteiger partial charge in [-0.3, -0.25) is 4.79 Å². The van der Waals surface area contributed by atoms with E-state index in [-0.39, 0.29) is 16.5 Å². The van der Waals surface area contributed by atoms with Crippen LogP contribution in [0.4, 0.5) is 0 Å². The van der Waals surface area contributed by atoms with Crippen molar-refractivity contribution < 1.29 is 13.2 Å². The molecule has 108 valence electrons. The third kappa shape index (κ3) is 6.40. The summed E-state index contributed by atoms with van der Waals surface area (Å²) >= 11 is 1.03. The second-order valence-corrected chi connectivity index (χ2v) is 8.68. The maximum Gasteiger partial charge on any atom is 0.270 e. The zero-order valence-corrected chi connectivity index (χ0v) is 13.4. The number of thiophene rings is 1. The van der Waals surface area contributed by atoms with Crippen LogP contribution in [0.2, 0.25) is 0 Å². The van der Waals surface area contributed by atoms with Gasteiger partial charge in [-0.1, -0.05) is 13.8 Å². The number of nitrogens with one attached hydrogen (secondary N) is 1. The lowest BCUT2D eigenvalue weighted by Gasteiger charge is -2.06. The highest BCUT2D eigenvalue weighted by Crippen LogP contribution is 2.24. The minimum absolute atomic E-state index is 0.0803. The van der Waals surface area contributed by atoms with E-state index in [9.17, 15) is 13.2 Å². The van der Waals surface area contributed by atoms with Crippen LogP contribution in [0.3, 0.4) is 0 Å². The van der Waals surface area contributed by atoms with Crippen molar-refractivity contribution in [3.05, 3.63) is 17.0 Å². The number of hydrogen-bond donors (Lipinski definition) is 1. The highest BCUT2D eigenvalue weighted by atomic mass is 35.7. The predicted molar refractivity (Wildman–Crippen MR) is 78.1 cm³/mol. The van der Waals surface area contributed by atoms with Crippen molar-refractivity contribution in [2.24, 2.45) is 5.92 Å². The Hall–Kier alpha value is -0.590. The van der Waals surface area contributed by atoms with Crippen LogP contribution in [0.1, 0.15) is 31.6 Å². The van der Waals surface area contributed by atoms with Gasteiger partial charge in [0.2, 0.25) is 5.91 Å². The Kier molecular flexibility index (Phi) is 6.29. The summed E-state index contributed by atoms with van der Waals surface area (Å²) in [6.07, 6.45) is 2.22. The highest BCUT2D eigenvalue weighted by molar-refractivity contribution is 8.15. The first-order valence-electron chi connectivity index (χ1n) is 6.09. The largest absolute Gasteiger partial charge is 0.356 e. The summed E-state index contributed by atoms with van der Waals surface area (Å²) in [4.78, 5) is 12.3. The number of halogens is 1. The summed E-state index contributed by atoms with van der Waals surface area (Å²) in [5.41, 5.74) is 0. The molecule has 7 heteroatoms. The molecule has 0 aliphatic rings. The van der Waals surface area contributed by atoms with Gasteiger partial charge in [-0.2, -0.15) is 0 Å². The average Bonchev–Trinajstić information content (AvgIpc) is 2.72. The second-order valence-electron chi connectivity index (χ2n) is 4.72. The molecule has 0 fully saturated rings. The lowest BCUT2D eigenvalue weighted by molar-refractivity contribution is -0.120. The molecule has 0 aliphatic heterocycles. The van der Waals surface area contributed by atoms with Crippen LogP contribution in [0.5, 0.6) is 0 Å². The van der Waals surface area contributed by atoms with Crippen LogP contribution in [0.15, 0.2) is 16.3 Å². The molecule has 1 amide bonds. The van der Waals surface area contributed by atoms with Crippen molar-refractivity contribution in [1.82, 2.24) is 5.32 Å². The molecule has 1 aromatic rings. The lowest BCUT2D eigenvalue weighted by Crippen LogP contribution is -2.25. The number of amides is 1. The van der Waals surface area contributed by atoms with Gasteiger partial charge in [-0.25, -0.2) is 8.42 Å². The van der Waals surface area contributed by atoms with E-state index in [0.717, 1.165) is 24.2 Å². The van der Waals surface area contributed by atoms with Crippen molar-refractivity contribution in [2.45, 2.75) is 37.3 Å². The van der Waals surface area contributed by atoms with Gasteiger partial charge in [-0.05, 0) is 30.9 Å². The first-order valence-corrected chi connectivity index (χ1v) is 9.21. The Morgan fingerprint density at radius 3 is 2.63 bits per heavy atom. The third-order valence-electron chi connectivity index (χ3n) is 2.49. The molecule has 0 bridgehead atoms. The molecule has 0 saturated carbocycles. The first kappa shape index (κ1) is 16.5. The van der Waals surface area contributed by atoms with Gasteiger partial charge in [0.25, 0.3) is 9.05 Å². The first-order chi connectivity index (χ1) is 8.79. The van der Waals surface area contributed by atoms with Crippen LogP contribution < -0.4 is 5.32 Å². The van der Waals surface area contributed by atoms with Crippen molar-refractivity contribution in [2.75, 3.05) is 6.54 Å². The topological polar surface area (TPSA) is 63.2 Å². The summed E-state index contributed by atoms with van der Waals surface area (Å²) in [5, 5.41) is 2.82. The Balaban J connectivity index is 2.39. The Morgan fingerprint density at radius 2 is 2.11 bits per heavy atom. The maximum atomic E-state index is 11.6. The molecule has 0 aromatic carbocycles. The average molecular weight is 324 g/mol. The van der Waals surface area contributed by atoms with Crippen LogP contribution in [0, 0.1) is 5.92 Å². The summed E-state index contributed by atoms with van der Waals surface area (Å²) in [5.74, 6) is 0.537. The molecule has 0 aliphatic carbocycles. The fraction of sp³-hybridized carbons (Fsp3) is 0.583. The SMILES string of the molecule is CC(C)CCCNC(=O)Cc1ccc(S(=O)(=O)Cl)s1. The van der Waals surface area contributed by atoms with E-state index < -0.39 is 9.05 Å². The van der Waals surface area contributed by atoms with Gasteiger partial charge in [-0.15, -0.1) is 11.3 Å². The molecule has 0 saturated heterocycles. The van der Waals surface area contributed by atoms with E-state index in [2.05, 4.69) is 19.2 Å². The van der Waals surface area contributed by atoms with Crippen molar-refractivity contribution in [3.8, 4) is 0 Å². The normalized spacial score (nSPS) is 11.8. The van der Waals surface area contributed by atoms with Crippen molar-refractivity contribution in [1.29, 1.82) is 0 Å². The number of rotatable bonds is 7. The smallest absolute Gasteiger partial charge is 0.270 e. The molecule has 0 unspecified atom stereocenters. The van der Waals surface area contributed by atoms with Gasteiger partial charge >= 0.3 is 0 Å². The Labute approximate surface area is 122 Å². The third-order valence-corrected chi connectivity index (χ3v) is 5.67. The Morgan fingerprint density at radius 1 is 1.42 bits per heavy atom. The van der Waals surface area contributed by atoms with E-state index in [0.29, 0.717) is 17.3 Å². The predicted octanol–water partition coefficient (Wildman–Crippen LogP) is 2.77. The molecule has 0 atom stereocenters. The highest BCUT2D eigenvalue weighted by Gasteiger charge is 2.14. The lowest BCUT2D eigenvalue weighted by atomic mass is 10.1. The molecular formula is C12H18ClNO3S2. The molecule has 1 heterocycles. The standard InChI is InChI=1S/C12H18ClNO3S2/c1-9(2)4-3-7-14-11(15)8-10-5-6-12(18-10)19(13,16)17/h5-6,9H,3-4,7-8H2,1-2H3,(H,14,15). The molecule has 1 aromatic heterocycles. The van der Waals surface area contributed by atoms with E-state index in [4.69, 9.17) is 10.7 Å². The molecule has 0 radical (unpaired) electrons. The molecule has 4 nitrogen and oxygen atoms in total. The van der Waals surface area contributed by atoms with Crippen LogP contribution in [-0.4, -0.2) is 20.9 Å². The zero-order valence-electron chi connectivity index (χ0n) is 11.0. The summed E-state index contributed by atoms with van der Waals surface area (Å²) < 4.78 is 22.2. The minimum Gasteiger partial charge on any atom is -0.356 e. The summed E-state index contributed by atoms with van der Waals surface area (Å²) in [6.45, 7) is 4.94. The zero-order chi connectivity index (χ0) is 14.5. The number of hydrogen-bond acceptors (Lipinski definition) is 4. The van der Waals surface area contributed by atoms with Gasteiger partial charge in [0, 0.05) is 22.1 Å². The number of carbonyl (C=O) groups excluding carboxylic acids is 1. The molecule has 0 spiro atoms. The van der Waals surface area contributed by atoms with Crippen LogP contribution in [-0.2, 0) is 20.3 Å². The van der Waals surface area contributed by atoms with Crippen molar-refractivity contribution in [3.63, 3.8) is 0 Å². The van der Waals surface area contributed by atoms with Crippen LogP contribution in [0.25, 0.3) is 0 Å². The van der Waals surface area contributed by atoms with Gasteiger partial charge in [0.1, 0.15) is 4.21 Å². The van der Waals surface area contributed by atoms with Gasteiger partial charge in [0.15, 0.2) is 0 Å². The fourth-order valence-electron chi connectivity index (χ4n) is 1.54. The Bertz CT molecular complexity index is 523. The van der Waals surface area contributed by atoms with E-state index >= 15 is 0 Å². The molecule has 19 heavy (non-hydrogen) atoms. The number of carbonyl (C=O) groups is 1. The van der Waals surface area contributed by atoms with E-state index in [1.807, 2.05) is 0 Å².